The van der Waals surface area contributed by atoms with Crippen molar-refractivity contribution in [2.45, 2.75) is 20.0 Å². The lowest BCUT2D eigenvalue weighted by Crippen LogP contribution is -2.49. The Hall–Kier alpha value is -3.52. The number of hydrogen-bond donors (Lipinski definition) is 0. The van der Waals surface area contributed by atoms with E-state index in [4.69, 9.17) is 4.42 Å². The summed E-state index contributed by atoms with van der Waals surface area (Å²) in [5, 5.41) is 5.49. The largest absolute Gasteiger partial charge is 0.464 e. The van der Waals surface area contributed by atoms with Crippen LogP contribution in [0.4, 0.5) is 4.39 Å². The lowest BCUT2D eigenvalue weighted by atomic mass is 10.1. The van der Waals surface area contributed by atoms with Crippen LogP contribution >= 0.6 is 0 Å². The van der Waals surface area contributed by atoms with E-state index < -0.39 is 0 Å². The standard InChI is InChI=1S/C24H24FN5O2/c1-17-23-20(21-6-3-13-32-21)7-8-26-24(23)30(27-17)16-22(31)29-11-9-28(10-12-29)15-18-4-2-5-19(25)14-18/h2-8,13-14H,9-12,15-16H2,1H3. The highest BCUT2D eigenvalue weighted by molar-refractivity contribution is 5.93. The van der Waals surface area contributed by atoms with E-state index in [0.29, 0.717) is 25.3 Å². The minimum Gasteiger partial charge on any atom is -0.464 e. The van der Waals surface area contributed by atoms with Gasteiger partial charge in [-0.15, -0.1) is 0 Å². The molecule has 0 saturated carbocycles. The molecule has 7 nitrogen and oxygen atoms in total. The van der Waals surface area contributed by atoms with Crippen molar-refractivity contribution in [1.29, 1.82) is 0 Å². The number of piperazine rings is 1. The molecular formula is C24H24FN5O2. The lowest BCUT2D eigenvalue weighted by Gasteiger charge is -2.34. The molecule has 1 amide bonds. The highest BCUT2D eigenvalue weighted by Crippen LogP contribution is 2.30. The number of furan rings is 1. The van der Waals surface area contributed by atoms with Crippen LogP contribution < -0.4 is 0 Å². The molecule has 1 saturated heterocycles. The molecule has 0 radical (unpaired) electrons. The fourth-order valence-electron chi connectivity index (χ4n) is 4.31. The first-order chi connectivity index (χ1) is 15.6. The van der Waals surface area contributed by atoms with E-state index in [1.165, 1.54) is 6.07 Å². The van der Waals surface area contributed by atoms with Crippen LogP contribution in [0.5, 0.6) is 0 Å². The van der Waals surface area contributed by atoms with Crippen molar-refractivity contribution in [3.63, 3.8) is 0 Å². The van der Waals surface area contributed by atoms with E-state index in [-0.39, 0.29) is 18.3 Å². The molecule has 4 aromatic rings. The SMILES string of the molecule is Cc1nn(CC(=O)N2CCN(Cc3cccc(F)c3)CC2)c2nccc(-c3ccco3)c12. The predicted octanol–water partition coefficient (Wildman–Crippen LogP) is 3.48. The van der Waals surface area contributed by atoms with E-state index >= 15 is 0 Å². The molecule has 164 valence electrons. The zero-order valence-electron chi connectivity index (χ0n) is 17.9. The molecule has 8 heteroatoms. The van der Waals surface area contributed by atoms with Gasteiger partial charge in [0.2, 0.25) is 5.91 Å². The third-order valence-electron chi connectivity index (χ3n) is 5.90. The molecule has 0 atom stereocenters. The van der Waals surface area contributed by atoms with Crippen LogP contribution in [0.3, 0.4) is 0 Å². The van der Waals surface area contributed by atoms with Gasteiger partial charge in [0.25, 0.3) is 0 Å². The fourth-order valence-corrected chi connectivity index (χ4v) is 4.31. The van der Waals surface area contributed by atoms with Crippen LogP contribution in [-0.4, -0.2) is 56.7 Å². The number of aromatic nitrogens is 3. The molecule has 1 aliphatic rings. The topological polar surface area (TPSA) is 67.4 Å². The Kier molecular flexibility index (Phi) is 5.45. The molecule has 0 aliphatic carbocycles. The Morgan fingerprint density at radius 2 is 1.97 bits per heavy atom. The number of benzene rings is 1. The predicted molar refractivity (Wildman–Crippen MR) is 118 cm³/mol. The average molecular weight is 433 g/mol. The van der Waals surface area contributed by atoms with Gasteiger partial charge in [0.1, 0.15) is 18.1 Å². The third-order valence-corrected chi connectivity index (χ3v) is 5.90. The minimum absolute atomic E-state index is 0.0185. The van der Waals surface area contributed by atoms with E-state index in [1.807, 2.05) is 36.1 Å². The van der Waals surface area contributed by atoms with Gasteiger partial charge in [-0.1, -0.05) is 12.1 Å². The van der Waals surface area contributed by atoms with E-state index in [9.17, 15) is 9.18 Å². The molecule has 0 spiro atoms. The Morgan fingerprint density at radius 1 is 1.12 bits per heavy atom. The second kappa shape index (κ2) is 8.55. The zero-order valence-corrected chi connectivity index (χ0v) is 17.9. The highest BCUT2D eigenvalue weighted by Gasteiger charge is 2.23. The summed E-state index contributed by atoms with van der Waals surface area (Å²) in [5.41, 5.74) is 3.35. The summed E-state index contributed by atoms with van der Waals surface area (Å²) >= 11 is 0. The highest BCUT2D eigenvalue weighted by atomic mass is 19.1. The number of pyridine rings is 1. The number of amides is 1. The maximum Gasteiger partial charge on any atom is 0.244 e. The molecule has 0 N–H and O–H groups in total. The van der Waals surface area contributed by atoms with Gasteiger partial charge in [-0.2, -0.15) is 5.10 Å². The molecule has 0 bridgehead atoms. The number of nitrogens with zero attached hydrogens (tertiary/aromatic N) is 5. The van der Waals surface area contributed by atoms with Gasteiger partial charge in [-0.05, 0) is 42.8 Å². The Bertz CT molecular complexity index is 1240. The summed E-state index contributed by atoms with van der Waals surface area (Å²) in [4.78, 5) is 21.6. The first-order valence-electron chi connectivity index (χ1n) is 10.7. The zero-order chi connectivity index (χ0) is 22.1. The van der Waals surface area contributed by atoms with Crippen LogP contribution in [0.15, 0.2) is 59.3 Å². The maximum absolute atomic E-state index is 13.4. The van der Waals surface area contributed by atoms with Crippen LogP contribution in [0.2, 0.25) is 0 Å². The number of carbonyl (C=O) groups is 1. The van der Waals surface area contributed by atoms with Crippen molar-refractivity contribution < 1.29 is 13.6 Å². The average Bonchev–Trinajstić information content (AvgIpc) is 3.43. The summed E-state index contributed by atoms with van der Waals surface area (Å²) in [5.74, 6) is 0.549. The lowest BCUT2D eigenvalue weighted by molar-refractivity contribution is -0.133. The number of rotatable bonds is 5. The Morgan fingerprint density at radius 3 is 2.72 bits per heavy atom. The maximum atomic E-state index is 13.4. The van der Waals surface area contributed by atoms with Crippen LogP contribution in [-0.2, 0) is 17.9 Å². The van der Waals surface area contributed by atoms with Crippen molar-refractivity contribution in [3.05, 3.63) is 72.0 Å². The van der Waals surface area contributed by atoms with E-state index in [2.05, 4.69) is 15.0 Å². The molecule has 1 fully saturated rings. The molecular weight excluding hydrogens is 409 g/mol. The summed E-state index contributed by atoms with van der Waals surface area (Å²) < 4.78 is 20.7. The van der Waals surface area contributed by atoms with Gasteiger partial charge < -0.3 is 9.32 Å². The number of aryl methyl sites for hydroxylation is 1. The Balaban J connectivity index is 1.26. The molecule has 1 aliphatic heterocycles. The quantitative estimate of drug-likeness (QED) is 0.482. The third kappa shape index (κ3) is 4.01. The second-order valence-corrected chi connectivity index (χ2v) is 8.06. The number of hydrogen-bond acceptors (Lipinski definition) is 5. The molecule has 3 aromatic heterocycles. The van der Waals surface area contributed by atoms with Gasteiger partial charge in [0.15, 0.2) is 5.65 Å². The van der Waals surface area contributed by atoms with Crippen molar-refractivity contribution in [2.75, 3.05) is 26.2 Å². The summed E-state index contributed by atoms with van der Waals surface area (Å²) in [7, 11) is 0. The molecule has 1 aromatic carbocycles. The minimum atomic E-state index is -0.220. The first-order valence-corrected chi connectivity index (χ1v) is 10.7. The van der Waals surface area contributed by atoms with Crippen LogP contribution in [0, 0.1) is 12.7 Å². The van der Waals surface area contributed by atoms with Gasteiger partial charge in [0, 0.05) is 44.5 Å². The number of halogens is 1. The van der Waals surface area contributed by atoms with E-state index in [0.717, 1.165) is 41.1 Å². The summed E-state index contributed by atoms with van der Waals surface area (Å²) in [6.45, 7) is 5.52. The molecule has 4 heterocycles. The normalized spacial score (nSPS) is 14.9. The van der Waals surface area contributed by atoms with Gasteiger partial charge in [-0.3, -0.25) is 9.69 Å². The van der Waals surface area contributed by atoms with Crippen molar-refractivity contribution in [2.24, 2.45) is 0 Å². The summed E-state index contributed by atoms with van der Waals surface area (Å²) in [6, 6.07) is 12.3. The molecule has 0 unspecified atom stereocenters. The van der Waals surface area contributed by atoms with Crippen LogP contribution in [0.25, 0.3) is 22.4 Å². The van der Waals surface area contributed by atoms with Crippen molar-refractivity contribution in [3.8, 4) is 11.3 Å². The number of carbonyl (C=O) groups excluding carboxylic acids is 1. The van der Waals surface area contributed by atoms with E-state index in [1.54, 1.807) is 29.3 Å². The van der Waals surface area contributed by atoms with Crippen molar-refractivity contribution >= 4 is 16.9 Å². The van der Waals surface area contributed by atoms with Crippen molar-refractivity contribution in [1.82, 2.24) is 24.6 Å². The fraction of sp³-hybridized carbons (Fsp3) is 0.292. The first kappa shape index (κ1) is 20.4. The smallest absolute Gasteiger partial charge is 0.244 e. The van der Waals surface area contributed by atoms with Gasteiger partial charge >= 0.3 is 0 Å². The van der Waals surface area contributed by atoms with Gasteiger partial charge in [-0.25, -0.2) is 14.1 Å². The Labute approximate surface area is 185 Å². The van der Waals surface area contributed by atoms with Crippen LogP contribution in [0.1, 0.15) is 11.3 Å². The van der Waals surface area contributed by atoms with Gasteiger partial charge in [0.05, 0.1) is 17.3 Å². The summed E-state index contributed by atoms with van der Waals surface area (Å²) in [6.07, 6.45) is 3.35. The molecule has 32 heavy (non-hydrogen) atoms. The molecule has 5 rings (SSSR count). The second-order valence-electron chi connectivity index (χ2n) is 8.06. The monoisotopic (exact) mass is 433 g/mol. The number of fused-ring (bicyclic) bond motifs is 1.